The monoisotopic (exact) mass is 406 g/mol. The van der Waals surface area contributed by atoms with Crippen LogP contribution in [0.2, 0.25) is 0 Å². The Morgan fingerprint density at radius 3 is 2.21 bits per heavy atom. The molecule has 1 aliphatic rings. The molecule has 162 valence electrons. The zero-order valence-corrected chi connectivity index (χ0v) is 17.6. The van der Waals surface area contributed by atoms with Crippen molar-refractivity contribution in [3.63, 3.8) is 0 Å². The van der Waals surface area contributed by atoms with Crippen molar-refractivity contribution in [2.45, 2.75) is 32.3 Å². The van der Waals surface area contributed by atoms with E-state index in [0.717, 1.165) is 19.6 Å². The molecule has 4 N–H and O–H groups in total. The van der Waals surface area contributed by atoms with Crippen LogP contribution in [-0.4, -0.2) is 55.0 Å². The summed E-state index contributed by atoms with van der Waals surface area (Å²) in [6.45, 7) is 5.65. The molecular formula is C23H35FN2O3. The van der Waals surface area contributed by atoms with Crippen LogP contribution in [0, 0.1) is 12.7 Å². The first-order valence-electron chi connectivity index (χ1n) is 10.1. The Morgan fingerprint density at radius 1 is 1.14 bits per heavy atom. The highest BCUT2D eigenvalue weighted by Crippen LogP contribution is 2.24. The van der Waals surface area contributed by atoms with Crippen molar-refractivity contribution in [1.82, 2.24) is 4.90 Å². The van der Waals surface area contributed by atoms with Crippen LogP contribution in [0.1, 0.15) is 36.5 Å². The second kappa shape index (κ2) is 14.9. The predicted molar refractivity (Wildman–Crippen MR) is 116 cm³/mol. The fourth-order valence-corrected chi connectivity index (χ4v) is 2.90. The smallest absolute Gasteiger partial charge is 0.165 e. The van der Waals surface area contributed by atoms with E-state index in [4.69, 9.17) is 15.6 Å². The van der Waals surface area contributed by atoms with Gasteiger partial charge in [-0.3, -0.25) is 0 Å². The minimum absolute atomic E-state index is 0.0972. The molecule has 0 aliphatic carbocycles. The van der Waals surface area contributed by atoms with Gasteiger partial charge in [0, 0.05) is 13.1 Å². The molecule has 0 bridgehead atoms. The molecule has 0 aromatic heterocycles. The number of nitrogens with two attached hydrogens (primary N) is 1. The zero-order chi connectivity index (χ0) is 21.5. The first-order valence-corrected chi connectivity index (χ1v) is 10.1. The average molecular weight is 407 g/mol. The van der Waals surface area contributed by atoms with Crippen molar-refractivity contribution in [3.05, 3.63) is 65.5 Å². The average Bonchev–Trinajstić information content (AvgIpc) is 3.27. The molecule has 0 spiro atoms. The number of aryl methyl sites for hydroxylation is 1. The van der Waals surface area contributed by atoms with E-state index in [-0.39, 0.29) is 12.4 Å². The van der Waals surface area contributed by atoms with Gasteiger partial charge in [-0.2, -0.15) is 0 Å². The highest BCUT2D eigenvalue weighted by molar-refractivity contribution is 5.30. The number of halogens is 1. The number of ether oxygens (including phenoxy) is 1. The molecule has 0 amide bonds. The summed E-state index contributed by atoms with van der Waals surface area (Å²) in [7, 11) is 1.43. The van der Waals surface area contributed by atoms with Crippen molar-refractivity contribution in [2.75, 3.05) is 39.9 Å². The van der Waals surface area contributed by atoms with E-state index in [1.807, 2.05) is 18.2 Å². The standard InChI is InChI=1S/C14H20FNO2.C7H8.C2H7NO/c1-18-14-5-4-11(10-12(14)15)13(17)6-9-16-7-2-3-8-16;1-7-5-3-2-4-6-7;3-1-2-4/h4-5,10,13,17H,2-3,6-9H2,1H3;2-6H,1H3;4H,1-3H2. The van der Waals surface area contributed by atoms with E-state index >= 15 is 0 Å². The van der Waals surface area contributed by atoms with E-state index < -0.39 is 11.9 Å². The van der Waals surface area contributed by atoms with Gasteiger partial charge in [0.25, 0.3) is 0 Å². The lowest BCUT2D eigenvalue weighted by molar-refractivity contribution is 0.148. The maximum Gasteiger partial charge on any atom is 0.165 e. The summed E-state index contributed by atoms with van der Waals surface area (Å²) in [4.78, 5) is 2.34. The molecule has 0 radical (unpaired) electrons. The highest BCUT2D eigenvalue weighted by Gasteiger charge is 2.15. The van der Waals surface area contributed by atoms with Gasteiger partial charge in [0.1, 0.15) is 0 Å². The fraction of sp³-hybridized carbons (Fsp3) is 0.478. The van der Waals surface area contributed by atoms with Crippen LogP contribution >= 0.6 is 0 Å². The zero-order valence-electron chi connectivity index (χ0n) is 17.6. The van der Waals surface area contributed by atoms with E-state index in [9.17, 15) is 9.50 Å². The molecule has 0 saturated carbocycles. The summed E-state index contributed by atoms with van der Waals surface area (Å²) < 4.78 is 18.4. The number of methoxy groups -OCH3 is 1. The number of hydrogen-bond acceptors (Lipinski definition) is 5. The van der Waals surface area contributed by atoms with Crippen molar-refractivity contribution in [1.29, 1.82) is 0 Å². The Balaban J connectivity index is 0.000000314. The summed E-state index contributed by atoms with van der Waals surface area (Å²) >= 11 is 0. The lowest BCUT2D eigenvalue weighted by Crippen LogP contribution is -2.22. The minimum Gasteiger partial charge on any atom is -0.494 e. The third-order valence-electron chi connectivity index (χ3n) is 4.55. The molecular weight excluding hydrogens is 371 g/mol. The minimum atomic E-state index is -0.606. The van der Waals surface area contributed by atoms with Crippen molar-refractivity contribution in [2.24, 2.45) is 5.73 Å². The number of likely N-dealkylation sites (tertiary alicyclic amines) is 1. The molecule has 6 heteroatoms. The topological polar surface area (TPSA) is 79.0 Å². The van der Waals surface area contributed by atoms with Gasteiger partial charge >= 0.3 is 0 Å². The van der Waals surface area contributed by atoms with Gasteiger partial charge < -0.3 is 25.6 Å². The Labute approximate surface area is 173 Å². The summed E-state index contributed by atoms with van der Waals surface area (Å²) in [5.41, 5.74) is 6.72. The van der Waals surface area contributed by atoms with Gasteiger partial charge in [0.2, 0.25) is 0 Å². The van der Waals surface area contributed by atoms with E-state index in [0.29, 0.717) is 18.5 Å². The summed E-state index contributed by atoms with van der Waals surface area (Å²) in [5, 5.41) is 17.8. The van der Waals surface area contributed by atoms with Crippen LogP contribution in [0.25, 0.3) is 0 Å². The summed E-state index contributed by atoms with van der Waals surface area (Å²) in [5.74, 6) is -0.208. The lowest BCUT2D eigenvalue weighted by atomic mass is 10.1. The number of benzene rings is 2. The molecule has 1 aliphatic heterocycles. The summed E-state index contributed by atoms with van der Waals surface area (Å²) in [6, 6.07) is 14.9. The molecule has 1 atom stereocenters. The molecule has 2 aromatic carbocycles. The Hall–Kier alpha value is -1.99. The number of rotatable bonds is 6. The fourth-order valence-electron chi connectivity index (χ4n) is 2.90. The van der Waals surface area contributed by atoms with Crippen molar-refractivity contribution < 1.29 is 19.3 Å². The number of aliphatic hydroxyl groups excluding tert-OH is 2. The summed E-state index contributed by atoms with van der Waals surface area (Å²) in [6.07, 6.45) is 2.53. The van der Waals surface area contributed by atoms with Crippen LogP contribution in [-0.2, 0) is 0 Å². The Kier molecular flexibility index (Phi) is 12.9. The van der Waals surface area contributed by atoms with Crippen LogP contribution < -0.4 is 10.5 Å². The van der Waals surface area contributed by atoms with Gasteiger partial charge in [-0.15, -0.1) is 0 Å². The third-order valence-corrected chi connectivity index (χ3v) is 4.55. The van der Waals surface area contributed by atoms with Gasteiger partial charge in [0.15, 0.2) is 11.6 Å². The molecule has 3 rings (SSSR count). The Bertz CT molecular complexity index is 662. The van der Waals surface area contributed by atoms with Crippen LogP contribution in [0.15, 0.2) is 48.5 Å². The molecule has 1 heterocycles. The molecule has 1 saturated heterocycles. The Morgan fingerprint density at radius 2 is 1.76 bits per heavy atom. The first-order chi connectivity index (χ1) is 14.0. The van der Waals surface area contributed by atoms with Gasteiger partial charge in [0.05, 0.1) is 19.8 Å². The lowest BCUT2D eigenvalue weighted by Gasteiger charge is -2.18. The van der Waals surface area contributed by atoms with Crippen molar-refractivity contribution in [3.8, 4) is 5.75 Å². The SMILES string of the molecule is COc1ccc(C(O)CCN2CCCC2)cc1F.Cc1ccccc1.NCCO. The van der Waals surface area contributed by atoms with E-state index in [2.05, 4.69) is 24.0 Å². The molecule has 29 heavy (non-hydrogen) atoms. The van der Waals surface area contributed by atoms with Crippen LogP contribution in [0.3, 0.4) is 0 Å². The van der Waals surface area contributed by atoms with Crippen LogP contribution in [0.5, 0.6) is 5.75 Å². The largest absolute Gasteiger partial charge is 0.494 e. The first kappa shape index (κ1) is 25.0. The van der Waals surface area contributed by atoms with E-state index in [1.165, 1.54) is 31.6 Å². The second-order valence-corrected chi connectivity index (χ2v) is 6.91. The van der Waals surface area contributed by atoms with E-state index in [1.54, 1.807) is 12.1 Å². The number of aliphatic hydroxyl groups is 2. The molecule has 1 unspecified atom stereocenters. The van der Waals surface area contributed by atoms with Gasteiger partial charge in [-0.1, -0.05) is 42.0 Å². The van der Waals surface area contributed by atoms with Crippen molar-refractivity contribution >= 4 is 0 Å². The van der Waals surface area contributed by atoms with Crippen LogP contribution in [0.4, 0.5) is 4.39 Å². The van der Waals surface area contributed by atoms with Gasteiger partial charge in [-0.25, -0.2) is 4.39 Å². The molecule has 5 nitrogen and oxygen atoms in total. The maximum atomic E-state index is 13.5. The second-order valence-electron chi connectivity index (χ2n) is 6.91. The number of nitrogens with zero attached hydrogens (tertiary/aromatic N) is 1. The normalized spacial score (nSPS) is 14.3. The third kappa shape index (κ3) is 10.4. The maximum absolute atomic E-state index is 13.5. The molecule has 2 aromatic rings. The highest BCUT2D eigenvalue weighted by atomic mass is 19.1. The van der Waals surface area contributed by atoms with Gasteiger partial charge in [-0.05, 0) is 57.0 Å². The quantitative estimate of drug-likeness (QED) is 0.686. The predicted octanol–water partition coefficient (Wildman–Crippen LogP) is 3.29. The number of hydrogen-bond donors (Lipinski definition) is 3. The molecule has 1 fully saturated rings.